The molecule has 23 heavy (non-hydrogen) atoms. The first-order valence-electron chi connectivity index (χ1n) is 7.97. The zero-order valence-electron chi connectivity index (χ0n) is 14.3. The number of rotatable bonds is 8. The summed E-state index contributed by atoms with van der Waals surface area (Å²) in [6.45, 7) is 5.32. The zero-order chi connectivity index (χ0) is 16.8. The Morgan fingerprint density at radius 3 is 2.70 bits per heavy atom. The molecule has 5 nitrogen and oxygen atoms in total. The molecule has 0 amide bonds. The van der Waals surface area contributed by atoms with Gasteiger partial charge in [-0.05, 0) is 37.1 Å². The van der Waals surface area contributed by atoms with E-state index in [9.17, 15) is 0 Å². The number of aliphatic hydroxyl groups is 1. The molecule has 0 bridgehead atoms. The van der Waals surface area contributed by atoms with Gasteiger partial charge in [-0.25, -0.2) is 4.98 Å². The molecule has 0 spiro atoms. The lowest BCUT2D eigenvalue weighted by molar-refractivity contribution is 0.260. The van der Waals surface area contributed by atoms with E-state index < -0.39 is 0 Å². The van der Waals surface area contributed by atoms with Gasteiger partial charge in [0.25, 0.3) is 0 Å². The van der Waals surface area contributed by atoms with Gasteiger partial charge in [0.05, 0.1) is 10.6 Å². The summed E-state index contributed by atoms with van der Waals surface area (Å²) >= 11 is 1.69. The number of nitrogens with zero attached hydrogens (tertiary/aromatic N) is 3. The van der Waals surface area contributed by atoms with Crippen molar-refractivity contribution >= 4 is 23.1 Å². The number of anilines is 2. The maximum absolute atomic E-state index is 8.99. The van der Waals surface area contributed by atoms with E-state index in [2.05, 4.69) is 35.6 Å². The van der Waals surface area contributed by atoms with Crippen molar-refractivity contribution in [3.63, 3.8) is 0 Å². The second-order valence-electron chi connectivity index (χ2n) is 6.05. The smallest absolute Gasteiger partial charge is 0.227 e. The molecule has 0 radical (unpaired) electrons. The van der Waals surface area contributed by atoms with E-state index in [1.807, 2.05) is 25.1 Å². The molecule has 0 saturated carbocycles. The number of hydrogen-bond acceptors (Lipinski definition) is 6. The molecular formula is C17H26N4OS. The number of hydrogen-bond donors (Lipinski definition) is 2. The van der Waals surface area contributed by atoms with Crippen LogP contribution in [0.15, 0.2) is 17.5 Å². The lowest BCUT2D eigenvalue weighted by atomic mass is 10.0. The van der Waals surface area contributed by atoms with E-state index in [1.54, 1.807) is 11.3 Å². The van der Waals surface area contributed by atoms with Crippen LogP contribution >= 0.6 is 11.3 Å². The Hall–Kier alpha value is -1.66. The van der Waals surface area contributed by atoms with Crippen molar-refractivity contribution in [2.45, 2.75) is 26.7 Å². The molecule has 2 aromatic heterocycles. The fourth-order valence-corrected chi connectivity index (χ4v) is 3.10. The summed E-state index contributed by atoms with van der Waals surface area (Å²) < 4.78 is 0. The SMILES string of the molecule is Cc1c(NCCC(C)CCO)nc(N(C)C)nc1-c1cccs1. The van der Waals surface area contributed by atoms with Crippen molar-refractivity contribution in [3.8, 4) is 10.6 Å². The fourth-order valence-electron chi connectivity index (χ4n) is 2.33. The monoisotopic (exact) mass is 334 g/mol. The first kappa shape index (κ1) is 17.7. The molecule has 0 saturated heterocycles. The molecule has 2 aromatic rings. The second kappa shape index (κ2) is 8.26. The number of thiophene rings is 1. The minimum absolute atomic E-state index is 0.251. The van der Waals surface area contributed by atoms with Crippen LogP contribution in [0.4, 0.5) is 11.8 Å². The molecule has 2 rings (SSSR count). The minimum atomic E-state index is 0.251. The van der Waals surface area contributed by atoms with Gasteiger partial charge in [0, 0.05) is 32.8 Å². The van der Waals surface area contributed by atoms with Crippen molar-refractivity contribution in [2.75, 3.05) is 37.5 Å². The highest BCUT2D eigenvalue weighted by atomic mass is 32.1. The standard InChI is InChI=1S/C17H26N4OS/c1-12(8-10-22)7-9-18-16-13(2)15(14-6-5-11-23-14)19-17(20-16)21(3)4/h5-6,11-12,22H,7-10H2,1-4H3,(H,18,19,20). The number of nitrogens with one attached hydrogen (secondary N) is 1. The van der Waals surface area contributed by atoms with Crippen LogP contribution in [-0.4, -0.2) is 42.3 Å². The zero-order valence-corrected chi connectivity index (χ0v) is 15.2. The summed E-state index contributed by atoms with van der Waals surface area (Å²) in [6.07, 6.45) is 1.85. The largest absolute Gasteiger partial charge is 0.396 e. The maximum Gasteiger partial charge on any atom is 0.227 e. The Balaban J connectivity index is 2.21. The quantitative estimate of drug-likeness (QED) is 0.775. The van der Waals surface area contributed by atoms with Gasteiger partial charge in [-0.2, -0.15) is 4.98 Å². The van der Waals surface area contributed by atoms with Crippen LogP contribution in [0.5, 0.6) is 0 Å². The summed E-state index contributed by atoms with van der Waals surface area (Å²) in [5.41, 5.74) is 2.07. The topological polar surface area (TPSA) is 61.3 Å². The van der Waals surface area contributed by atoms with Crippen LogP contribution in [0.25, 0.3) is 10.6 Å². The van der Waals surface area contributed by atoms with E-state index in [1.165, 1.54) is 0 Å². The third-order valence-corrected chi connectivity index (χ3v) is 4.72. The van der Waals surface area contributed by atoms with Crippen LogP contribution in [0.3, 0.4) is 0 Å². The molecule has 0 aliphatic heterocycles. The summed E-state index contributed by atoms with van der Waals surface area (Å²) in [4.78, 5) is 12.4. The Kier molecular flexibility index (Phi) is 6.36. The van der Waals surface area contributed by atoms with Crippen LogP contribution in [0.2, 0.25) is 0 Å². The van der Waals surface area contributed by atoms with E-state index in [0.29, 0.717) is 11.9 Å². The minimum Gasteiger partial charge on any atom is -0.396 e. The van der Waals surface area contributed by atoms with Crippen molar-refractivity contribution in [1.82, 2.24) is 9.97 Å². The maximum atomic E-state index is 8.99. The van der Waals surface area contributed by atoms with Gasteiger partial charge in [0.2, 0.25) is 5.95 Å². The summed E-state index contributed by atoms with van der Waals surface area (Å²) in [5, 5.41) is 14.5. The fraction of sp³-hybridized carbons (Fsp3) is 0.529. The van der Waals surface area contributed by atoms with Gasteiger partial charge < -0.3 is 15.3 Å². The highest BCUT2D eigenvalue weighted by molar-refractivity contribution is 7.13. The Bertz CT molecular complexity index is 613. The Morgan fingerprint density at radius 1 is 1.30 bits per heavy atom. The van der Waals surface area contributed by atoms with E-state index >= 15 is 0 Å². The van der Waals surface area contributed by atoms with Crippen LogP contribution in [0, 0.1) is 12.8 Å². The summed E-state index contributed by atoms with van der Waals surface area (Å²) in [6, 6.07) is 4.13. The van der Waals surface area contributed by atoms with Gasteiger partial charge in [-0.1, -0.05) is 13.0 Å². The van der Waals surface area contributed by atoms with E-state index in [4.69, 9.17) is 10.1 Å². The molecule has 0 aliphatic carbocycles. The molecule has 126 valence electrons. The lowest BCUT2D eigenvalue weighted by Crippen LogP contribution is -2.16. The number of aromatic nitrogens is 2. The van der Waals surface area contributed by atoms with Gasteiger partial charge in [-0.15, -0.1) is 11.3 Å². The van der Waals surface area contributed by atoms with E-state index in [0.717, 1.165) is 41.3 Å². The third-order valence-electron chi connectivity index (χ3n) is 3.84. The first-order chi connectivity index (χ1) is 11.0. The van der Waals surface area contributed by atoms with Crippen molar-refractivity contribution < 1.29 is 5.11 Å². The normalized spacial score (nSPS) is 12.2. The third kappa shape index (κ3) is 4.65. The molecule has 0 aliphatic rings. The molecular weight excluding hydrogens is 308 g/mol. The van der Waals surface area contributed by atoms with Crippen LogP contribution in [0.1, 0.15) is 25.3 Å². The summed E-state index contributed by atoms with van der Waals surface area (Å²) in [5.74, 6) is 2.10. The Morgan fingerprint density at radius 2 is 2.09 bits per heavy atom. The first-order valence-corrected chi connectivity index (χ1v) is 8.85. The van der Waals surface area contributed by atoms with Crippen molar-refractivity contribution in [2.24, 2.45) is 5.92 Å². The molecule has 0 aromatic carbocycles. The van der Waals surface area contributed by atoms with E-state index in [-0.39, 0.29) is 6.61 Å². The highest BCUT2D eigenvalue weighted by Crippen LogP contribution is 2.30. The second-order valence-corrected chi connectivity index (χ2v) is 7.00. The molecule has 2 N–H and O–H groups in total. The van der Waals surface area contributed by atoms with Gasteiger partial charge in [-0.3, -0.25) is 0 Å². The average molecular weight is 334 g/mol. The Labute approximate surface area is 142 Å². The molecule has 0 fully saturated rings. The summed E-state index contributed by atoms with van der Waals surface area (Å²) in [7, 11) is 3.91. The average Bonchev–Trinajstić information content (AvgIpc) is 3.03. The van der Waals surface area contributed by atoms with Gasteiger partial charge in [0.15, 0.2) is 0 Å². The van der Waals surface area contributed by atoms with Gasteiger partial charge in [0.1, 0.15) is 5.82 Å². The van der Waals surface area contributed by atoms with Gasteiger partial charge >= 0.3 is 0 Å². The molecule has 1 unspecified atom stereocenters. The predicted octanol–water partition coefficient (Wildman–Crippen LogP) is 3.40. The highest BCUT2D eigenvalue weighted by Gasteiger charge is 2.14. The molecule has 6 heteroatoms. The lowest BCUT2D eigenvalue weighted by Gasteiger charge is -2.17. The molecule has 1 atom stereocenters. The molecule has 2 heterocycles. The van der Waals surface area contributed by atoms with Crippen molar-refractivity contribution in [3.05, 3.63) is 23.1 Å². The van der Waals surface area contributed by atoms with Crippen LogP contribution < -0.4 is 10.2 Å². The van der Waals surface area contributed by atoms with Crippen LogP contribution in [-0.2, 0) is 0 Å². The van der Waals surface area contributed by atoms with Crippen molar-refractivity contribution in [1.29, 1.82) is 0 Å². The number of aliphatic hydroxyl groups excluding tert-OH is 1. The predicted molar refractivity (Wildman–Crippen MR) is 98.4 cm³/mol.